The van der Waals surface area contributed by atoms with Crippen LogP contribution in [0.2, 0.25) is 0 Å². The Bertz CT molecular complexity index is 1400. The number of unbranched alkanes of at least 4 members (excludes halogenated alkanes) is 1. The zero-order chi connectivity index (χ0) is 25.7. The Kier molecular flexibility index (Phi) is 7.84. The van der Waals surface area contributed by atoms with Crippen LogP contribution in [0.25, 0.3) is 22.3 Å². The first kappa shape index (κ1) is 25.2. The van der Waals surface area contributed by atoms with E-state index in [0.717, 1.165) is 29.7 Å². The highest BCUT2D eigenvalue weighted by Crippen LogP contribution is 2.37. The van der Waals surface area contributed by atoms with E-state index in [9.17, 15) is 4.79 Å². The van der Waals surface area contributed by atoms with Crippen LogP contribution in [0.4, 0.5) is 0 Å². The Morgan fingerprint density at radius 2 is 1.44 bits per heavy atom. The van der Waals surface area contributed by atoms with Crippen LogP contribution in [0.1, 0.15) is 29.5 Å². The lowest BCUT2D eigenvalue weighted by Gasteiger charge is -2.15. The summed E-state index contributed by atoms with van der Waals surface area (Å²) in [5.74, 6) is 2.54. The maximum atomic E-state index is 13.6. The predicted octanol–water partition coefficient (Wildman–Crippen LogP) is 6.64. The van der Waals surface area contributed by atoms with Gasteiger partial charge in [-0.25, -0.2) is 0 Å². The first-order chi connectivity index (χ1) is 17.4. The van der Waals surface area contributed by atoms with E-state index in [0.29, 0.717) is 47.0 Å². The van der Waals surface area contributed by atoms with Gasteiger partial charge in [0.05, 0.1) is 32.8 Å². The molecule has 0 amide bonds. The second kappa shape index (κ2) is 11.2. The molecule has 0 radical (unpaired) electrons. The molecule has 1 aromatic heterocycles. The molecule has 4 aromatic rings. The Morgan fingerprint density at radius 3 is 2.14 bits per heavy atom. The van der Waals surface area contributed by atoms with E-state index >= 15 is 0 Å². The molecule has 6 nitrogen and oxygen atoms in total. The van der Waals surface area contributed by atoms with Crippen LogP contribution in [-0.4, -0.2) is 27.4 Å². The Hall–Kier alpha value is -3.93. The molecule has 1 heterocycles. The zero-order valence-electron chi connectivity index (χ0n) is 21.5. The van der Waals surface area contributed by atoms with Gasteiger partial charge in [-0.3, -0.25) is 4.79 Å². The van der Waals surface area contributed by atoms with E-state index in [2.05, 4.69) is 0 Å². The lowest BCUT2D eigenvalue weighted by Crippen LogP contribution is -2.13. The molecule has 0 saturated heterocycles. The Balaban J connectivity index is 1.59. The minimum Gasteiger partial charge on any atom is -0.494 e. The van der Waals surface area contributed by atoms with Crippen molar-refractivity contribution in [2.75, 3.05) is 27.4 Å². The summed E-state index contributed by atoms with van der Waals surface area (Å²) < 4.78 is 29.0. The molecular formula is C30H32O6. The molecule has 0 N–H and O–H groups in total. The summed E-state index contributed by atoms with van der Waals surface area (Å²) in [6, 6.07) is 17.2. The van der Waals surface area contributed by atoms with Gasteiger partial charge in [0, 0.05) is 5.56 Å². The van der Waals surface area contributed by atoms with Gasteiger partial charge in [0.25, 0.3) is 0 Å². The van der Waals surface area contributed by atoms with E-state index in [1.54, 1.807) is 26.4 Å². The third-order valence-electron chi connectivity index (χ3n) is 6.02. The van der Waals surface area contributed by atoms with Crippen LogP contribution in [0, 0.1) is 20.8 Å². The van der Waals surface area contributed by atoms with Crippen molar-refractivity contribution in [2.45, 2.75) is 33.6 Å². The topological polar surface area (TPSA) is 67.1 Å². The Morgan fingerprint density at radius 1 is 0.750 bits per heavy atom. The average molecular weight is 489 g/mol. The average Bonchev–Trinajstić information content (AvgIpc) is 2.87. The van der Waals surface area contributed by atoms with Crippen LogP contribution >= 0.6 is 0 Å². The van der Waals surface area contributed by atoms with Gasteiger partial charge in [-0.2, -0.15) is 0 Å². The van der Waals surface area contributed by atoms with E-state index in [1.807, 2.05) is 63.2 Å². The number of hydrogen-bond donors (Lipinski definition) is 0. The van der Waals surface area contributed by atoms with Crippen molar-refractivity contribution in [1.29, 1.82) is 0 Å². The molecule has 0 unspecified atom stereocenters. The van der Waals surface area contributed by atoms with Crippen LogP contribution < -0.4 is 24.4 Å². The third-order valence-corrected chi connectivity index (χ3v) is 6.02. The van der Waals surface area contributed by atoms with Crippen LogP contribution in [-0.2, 0) is 0 Å². The molecule has 0 fully saturated rings. The fraction of sp³-hybridized carbons (Fsp3) is 0.300. The minimum absolute atomic E-state index is 0.186. The number of aryl methyl sites for hydroxylation is 3. The lowest BCUT2D eigenvalue weighted by atomic mass is 10.0. The minimum atomic E-state index is -0.186. The fourth-order valence-electron chi connectivity index (χ4n) is 4.17. The molecule has 0 spiro atoms. The number of ether oxygens (including phenoxy) is 4. The number of hydrogen-bond acceptors (Lipinski definition) is 6. The van der Waals surface area contributed by atoms with Gasteiger partial charge in [0.1, 0.15) is 11.3 Å². The summed E-state index contributed by atoms with van der Waals surface area (Å²) in [6.45, 7) is 6.86. The maximum absolute atomic E-state index is 13.6. The lowest BCUT2D eigenvalue weighted by molar-refractivity contribution is 0.263. The van der Waals surface area contributed by atoms with Crippen LogP contribution in [0.3, 0.4) is 0 Å². The van der Waals surface area contributed by atoms with Gasteiger partial charge in [0.15, 0.2) is 17.3 Å². The molecular weight excluding hydrogens is 456 g/mol. The largest absolute Gasteiger partial charge is 0.494 e. The van der Waals surface area contributed by atoms with Crippen LogP contribution in [0.5, 0.6) is 23.0 Å². The number of methoxy groups -OCH3 is 2. The van der Waals surface area contributed by atoms with Crippen molar-refractivity contribution in [1.82, 2.24) is 0 Å². The maximum Gasteiger partial charge on any atom is 0.235 e. The number of rotatable bonds is 10. The first-order valence-corrected chi connectivity index (χ1v) is 12.0. The summed E-state index contributed by atoms with van der Waals surface area (Å²) in [4.78, 5) is 13.6. The summed E-state index contributed by atoms with van der Waals surface area (Å²) in [7, 11) is 3.15. The highest BCUT2D eigenvalue weighted by atomic mass is 16.5. The van der Waals surface area contributed by atoms with Crippen molar-refractivity contribution in [2.24, 2.45) is 0 Å². The second-order valence-electron chi connectivity index (χ2n) is 8.83. The SMILES string of the molecule is COc1ccc(-c2oc3cc(C)cc(C)c3c(=O)c2OCCCCOc2ccc(C)cc2)cc1OC. The molecule has 4 rings (SSSR count). The second-order valence-corrected chi connectivity index (χ2v) is 8.83. The van der Waals surface area contributed by atoms with E-state index < -0.39 is 0 Å². The normalized spacial score (nSPS) is 10.9. The van der Waals surface area contributed by atoms with Gasteiger partial charge in [0.2, 0.25) is 11.2 Å². The smallest absolute Gasteiger partial charge is 0.235 e. The van der Waals surface area contributed by atoms with Gasteiger partial charge in [-0.05, 0) is 81.1 Å². The fourth-order valence-corrected chi connectivity index (χ4v) is 4.17. The van der Waals surface area contributed by atoms with Crippen molar-refractivity contribution in [3.63, 3.8) is 0 Å². The third kappa shape index (κ3) is 5.48. The molecule has 0 bridgehead atoms. The Labute approximate surface area is 211 Å². The first-order valence-electron chi connectivity index (χ1n) is 12.0. The predicted molar refractivity (Wildman–Crippen MR) is 142 cm³/mol. The van der Waals surface area contributed by atoms with Crippen molar-refractivity contribution in [3.05, 3.63) is 81.5 Å². The van der Waals surface area contributed by atoms with E-state index in [4.69, 9.17) is 23.4 Å². The highest BCUT2D eigenvalue weighted by Gasteiger charge is 2.20. The molecule has 0 atom stereocenters. The van der Waals surface area contributed by atoms with Crippen molar-refractivity contribution >= 4 is 11.0 Å². The van der Waals surface area contributed by atoms with Gasteiger partial charge >= 0.3 is 0 Å². The summed E-state index contributed by atoms with van der Waals surface area (Å²) in [5.41, 5.74) is 4.08. The van der Waals surface area contributed by atoms with E-state index in [1.165, 1.54) is 5.56 Å². The standard InChI is InChI=1S/C30H32O6/c1-19-8-11-23(12-9-19)34-14-6-7-15-35-30-28(31)27-21(3)16-20(2)17-26(27)36-29(30)22-10-13-24(32-4)25(18-22)33-5/h8-13,16-18H,6-7,14-15H2,1-5H3. The zero-order valence-corrected chi connectivity index (χ0v) is 21.5. The molecule has 0 aliphatic heterocycles. The van der Waals surface area contributed by atoms with Gasteiger partial charge in [-0.15, -0.1) is 0 Å². The monoisotopic (exact) mass is 488 g/mol. The summed E-state index contributed by atoms with van der Waals surface area (Å²) in [5, 5.41) is 0.530. The number of benzene rings is 3. The number of fused-ring (bicyclic) bond motifs is 1. The molecule has 6 heteroatoms. The summed E-state index contributed by atoms with van der Waals surface area (Å²) in [6.07, 6.45) is 1.51. The highest BCUT2D eigenvalue weighted by molar-refractivity contribution is 5.85. The van der Waals surface area contributed by atoms with Crippen molar-refractivity contribution < 1.29 is 23.4 Å². The molecule has 0 aliphatic carbocycles. The molecule has 36 heavy (non-hydrogen) atoms. The van der Waals surface area contributed by atoms with Gasteiger partial charge < -0.3 is 23.4 Å². The summed E-state index contributed by atoms with van der Waals surface area (Å²) >= 11 is 0. The van der Waals surface area contributed by atoms with Crippen molar-refractivity contribution in [3.8, 4) is 34.3 Å². The molecule has 188 valence electrons. The van der Waals surface area contributed by atoms with E-state index in [-0.39, 0.29) is 11.2 Å². The molecule has 3 aromatic carbocycles. The quantitative estimate of drug-likeness (QED) is 0.233. The molecule has 0 saturated carbocycles. The molecule has 0 aliphatic rings. The van der Waals surface area contributed by atoms with Gasteiger partial charge in [-0.1, -0.05) is 23.8 Å². The van der Waals surface area contributed by atoms with Crippen LogP contribution in [0.15, 0.2) is 63.8 Å².